The highest BCUT2D eigenvalue weighted by Gasteiger charge is 2.27. The van der Waals surface area contributed by atoms with E-state index in [-0.39, 0.29) is 35.9 Å². The van der Waals surface area contributed by atoms with Crippen molar-refractivity contribution in [2.75, 3.05) is 19.7 Å². The number of aromatic amines is 1. The average Bonchev–Trinajstić information content (AvgIpc) is 3.18. The summed E-state index contributed by atoms with van der Waals surface area (Å²) in [4.78, 5) is 45.5. The number of benzene rings is 1. The van der Waals surface area contributed by atoms with Crippen LogP contribution >= 0.6 is 0 Å². The molecule has 31 heavy (non-hydrogen) atoms. The lowest BCUT2D eigenvalue weighted by Gasteiger charge is -2.31. The Morgan fingerprint density at radius 2 is 1.94 bits per heavy atom. The third kappa shape index (κ3) is 4.62. The first-order valence-corrected chi connectivity index (χ1v) is 10.4. The number of carbonyl (C=O) groups is 2. The maximum atomic E-state index is 12.5. The molecule has 4 rings (SSSR count). The number of nitrogens with zero attached hydrogens (tertiary/aromatic N) is 5. The van der Waals surface area contributed by atoms with Crippen LogP contribution in [-0.2, 0) is 20.9 Å². The Balaban J connectivity index is 1.48. The number of carbonyl (C=O) groups excluding carboxylic acids is 2. The van der Waals surface area contributed by atoms with Crippen molar-refractivity contribution in [3.8, 4) is 0 Å². The SMILES string of the molecule is CCOC(=O)CC(=O)N1CCC(c2nc3c(nnn3Cc3ccccc3)c(=O)[nH]2)CC1. The molecule has 0 bridgehead atoms. The summed E-state index contributed by atoms with van der Waals surface area (Å²) in [6.45, 7) is 3.41. The van der Waals surface area contributed by atoms with Crippen LogP contribution in [0.1, 0.15) is 43.5 Å². The van der Waals surface area contributed by atoms with Gasteiger partial charge in [0.25, 0.3) is 5.56 Å². The Kier molecular flexibility index (Phi) is 6.06. The van der Waals surface area contributed by atoms with Crippen molar-refractivity contribution < 1.29 is 14.3 Å². The Morgan fingerprint density at radius 1 is 1.19 bits per heavy atom. The second-order valence-corrected chi connectivity index (χ2v) is 7.49. The molecule has 3 aromatic rings. The van der Waals surface area contributed by atoms with E-state index in [1.807, 2.05) is 30.3 Å². The number of nitrogens with one attached hydrogen (secondary N) is 1. The van der Waals surface area contributed by atoms with E-state index < -0.39 is 5.97 Å². The lowest BCUT2D eigenvalue weighted by Crippen LogP contribution is -2.39. The number of ether oxygens (including phenoxy) is 1. The van der Waals surface area contributed by atoms with Crippen molar-refractivity contribution in [2.24, 2.45) is 0 Å². The van der Waals surface area contributed by atoms with Gasteiger partial charge in [-0.25, -0.2) is 9.67 Å². The highest BCUT2D eigenvalue weighted by atomic mass is 16.5. The van der Waals surface area contributed by atoms with E-state index in [1.165, 1.54) is 0 Å². The van der Waals surface area contributed by atoms with E-state index in [4.69, 9.17) is 4.74 Å². The van der Waals surface area contributed by atoms with Crippen LogP contribution in [0.3, 0.4) is 0 Å². The number of esters is 1. The van der Waals surface area contributed by atoms with Gasteiger partial charge in [-0.3, -0.25) is 14.4 Å². The standard InChI is InChI=1S/C21H24N6O4/c1-2-31-17(29)12-16(28)26-10-8-15(9-11-26)19-22-20-18(21(30)23-19)24-25-27(20)13-14-6-4-3-5-7-14/h3-7,15H,2,8-13H2,1H3,(H,22,23,30). The number of hydrogen-bond acceptors (Lipinski definition) is 7. The van der Waals surface area contributed by atoms with Crippen molar-refractivity contribution >= 4 is 23.0 Å². The molecule has 0 spiro atoms. The molecule has 3 heterocycles. The number of hydrogen-bond donors (Lipinski definition) is 1. The number of amides is 1. The molecule has 1 aromatic carbocycles. The van der Waals surface area contributed by atoms with Crippen LogP contribution in [0.4, 0.5) is 0 Å². The minimum Gasteiger partial charge on any atom is -0.466 e. The molecular formula is C21H24N6O4. The summed E-state index contributed by atoms with van der Waals surface area (Å²) in [6, 6.07) is 9.78. The summed E-state index contributed by atoms with van der Waals surface area (Å²) in [5.74, 6) is -0.167. The van der Waals surface area contributed by atoms with Crippen LogP contribution in [0.15, 0.2) is 35.1 Å². The van der Waals surface area contributed by atoms with E-state index in [0.717, 1.165) is 5.56 Å². The fourth-order valence-corrected chi connectivity index (χ4v) is 3.79. The lowest BCUT2D eigenvalue weighted by molar-refractivity contribution is -0.149. The zero-order valence-electron chi connectivity index (χ0n) is 17.3. The number of aromatic nitrogens is 5. The third-order valence-electron chi connectivity index (χ3n) is 5.40. The predicted octanol–water partition coefficient (Wildman–Crippen LogP) is 1.22. The monoisotopic (exact) mass is 424 g/mol. The minimum atomic E-state index is -0.509. The van der Waals surface area contributed by atoms with Crippen LogP contribution in [0.25, 0.3) is 11.2 Å². The zero-order chi connectivity index (χ0) is 21.8. The van der Waals surface area contributed by atoms with E-state index in [2.05, 4.69) is 20.3 Å². The molecule has 162 valence electrons. The second-order valence-electron chi connectivity index (χ2n) is 7.49. The van der Waals surface area contributed by atoms with Gasteiger partial charge in [-0.1, -0.05) is 35.5 Å². The van der Waals surface area contributed by atoms with Gasteiger partial charge < -0.3 is 14.6 Å². The topological polar surface area (TPSA) is 123 Å². The van der Waals surface area contributed by atoms with Gasteiger partial charge >= 0.3 is 5.97 Å². The molecule has 2 aromatic heterocycles. The Hall–Kier alpha value is -3.56. The number of fused-ring (bicyclic) bond motifs is 1. The maximum absolute atomic E-state index is 12.5. The van der Waals surface area contributed by atoms with Gasteiger partial charge in [-0.15, -0.1) is 5.10 Å². The van der Waals surface area contributed by atoms with Gasteiger partial charge in [0.15, 0.2) is 11.2 Å². The summed E-state index contributed by atoms with van der Waals surface area (Å²) < 4.78 is 6.47. The number of likely N-dealkylation sites (tertiary alicyclic amines) is 1. The van der Waals surface area contributed by atoms with Crippen molar-refractivity contribution in [1.29, 1.82) is 0 Å². The Labute approximate surface area is 178 Å². The maximum Gasteiger partial charge on any atom is 0.315 e. The van der Waals surface area contributed by atoms with Crippen molar-refractivity contribution in [3.63, 3.8) is 0 Å². The smallest absolute Gasteiger partial charge is 0.315 e. The number of rotatable bonds is 6. The molecular weight excluding hydrogens is 400 g/mol. The lowest BCUT2D eigenvalue weighted by atomic mass is 9.95. The minimum absolute atomic E-state index is 0.00354. The van der Waals surface area contributed by atoms with Gasteiger partial charge in [0, 0.05) is 19.0 Å². The van der Waals surface area contributed by atoms with Gasteiger partial charge in [0.05, 0.1) is 13.2 Å². The fraction of sp³-hybridized carbons (Fsp3) is 0.429. The highest BCUT2D eigenvalue weighted by molar-refractivity contribution is 5.94. The quantitative estimate of drug-likeness (QED) is 0.466. The molecule has 0 aliphatic carbocycles. The fourth-order valence-electron chi connectivity index (χ4n) is 3.79. The van der Waals surface area contributed by atoms with Crippen LogP contribution in [0, 0.1) is 0 Å². The van der Waals surface area contributed by atoms with Crippen molar-refractivity contribution in [1.82, 2.24) is 29.9 Å². The molecule has 10 nitrogen and oxygen atoms in total. The van der Waals surface area contributed by atoms with Gasteiger partial charge in [0.1, 0.15) is 12.2 Å². The highest BCUT2D eigenvalue weighted by Crippen LogP contribution is 2.26. The van der Waals surface area contributed by atoms with Gasteiger partial charge in [-0.05, 0) is 25.3 Å². The average molecular weight is 424 g/mol. The van der Waals surface area contributed by atoms with E-state index in [1.54, 1.807) is 16.5 Å². The molecule has 10 heteroatoms. The van der Waals surface area contributed by atoms with Crippen LogP contribution in [0.2, 0.25) is 0 Å². The normalized spacial score (nSPS) is 14.7. The molecule has 0 radical (unpaired) electrons. The van der Waals surface area contributed by atoms with Crippen LogP contribution in [0.5, 0.6) is 0 Å². The summed E-state index contributed by atoms with van der Waals surface area (Å²) in [6.07, 6.45) is 1.04. The first kappa shape index (κ1) is 20.7. The zero-order valence-corrected chi connectivity index (χ0v) is 17.3. The molecule has 1 amide bonds. The summed E-state index contributed by atoms with van der Waals surface area (Å²) >= 11 is 0. The summed E-state index contributed by atoms with van der Waals surface area (Å²) in [5.41, 5.74) is 1.37. The van der Waals surface area contributed by atoms with Crippen LogP contribution < -0.4 is 5.56 Å². The first-order valence-electron chi connectivity index (χ1n) is 10.4. The summed E-state index contributed by atoms with van der Waals surface area (Å²) in [7, 11) is 0. The number of H-pyrrole nitrogens is 1. The van der Waals surface area contributed by atoms with Gasteiger partial charge in [0.2, 0.25) is 5.91 Å². The van der Waals surface area contributed by atoms with E-state index in [0.29, 0.717) is 43.9 Å². The second kappa shape index (κ2) is 9.07. The Bertz CT molecular complexity index is 1130. The van der Waals surface area contributed by atoms with Crippen molar-refractivity contribution in [2.45, 2.75) is 38.6 Å². The van der Waals surface area contributed by atoms with Crippen LogP contribution in [-0.4, -0.2) is 61.4 Å². The third-order valence-corrected chi connectivity index (χ3v) is 5.40. The number of piperidine rings is 1. The van der Waals surface area contributed by atoms with Crippen molar-refractivity contribution in [3.05, 3.63) is 52.1 Å². The molecule has 1 saturated heterocycles. The predicted molar refractivity (Wildman–Crippen MR) is 111 cm³/mol. The Morgan fingerprint density at radius 3 is 2.65 bits per heavy atom. The molecule has 1 aliphatic rings. The molecule has 0 atom stereocenters. The molecule has 1 aliphatic heterocycles. The molecule has 1 N–H and O–H groups in total. The molecule has 1 fully saturated rings. The first-order chi connectivity index (χ1) is 15.0. The van der Waals surface area contributed by atoms with Gasteiger partial charge in [-0.2, -0.15) is 0 Å². The van der Waals surface area contributed by atoms with E-state index >= 15 is 0 Å². The molecule has 0 unspecified atom stereocenters. The largest absolute Gasteiger partial charge is 0.466 e. The molecule has 0 saturated carbocycles. The summed E-state index contributed by atoms with van der Waals surface area (Å²) in [5, 5.41) is 8.09. The van der Waals surface area contributed by atoms with E-state index in [9.17, 15) is 14.4 Å².